The molecule has 8 nitrogen and oxygen atoms in total. The monoisotopic (exact) mass is 684 g/mol. The van der Waals surface area contributed by atoms with Gasteiger partial charge in [0.25, 0.3) is 8.32 Å². The van der Waals surface area contributed by atoms with E-state index < -0.39 is 20.3 Å². The fourth-order valence-corrected chi connectivity index (χ4v) is 11.8. The molecule has 0 saturated carbocycles. The second-order valence-electron chi connectivity index (χ2n) is 14.1. The SMILES string of the molecule is CC(C)NC(=O)N1Cc2cc(C(=O)O)nc(-c3cccc(-c4cccnc4)c3)c2[C@H]1CCO[Si](c1ccccc1)(c1ccccc1)C(C)(C)C. The highest BCUT2D eigenvalue weighted by atomic mass is 28.4. The summed E-state index contributed by atoms with van der Waals surface area (Å²) in [5.74, 6) is -1.12. The number of carbonyl (C=O) groups excluding carboxylic acids is 1. The molecule has 0 unspecified atom stereocenters. The number of rotatable bonds is 10. The zero-order valence-corrected chi connectivity index (χ0v) is 30.3. The van der Waals surface area contributed by atoms with Crippen LogP contribution in [0.4, 0.5) is 4.79 Å². The molecule has 0 spiro atoms. The molecule has 0 aliphatic carbocycles. The van der Waals surface area contributed by atoms with Gasteiger partial charge in [-0.05, 0) is 65.0 Å². The van der Waals surface area contributed by atoms with Gasteiger partial charge in [-0.1, -0.05) is 106 Å². The summed E-state index contributed by atoms with van der Waals surface area (Å²) in [5.41, 5.74) is 4.77. The maximum Gasteiger partial charge on any atom is 0.354 e. The molecule has 256 valence electrons. The molecule has 50 heavy (non-hydrogen) atoms. The zero-order chi connectivity index (χ0) is 35.5. The molecule has 1 aliphatic rings. The maximum atomic E-state index is 13.8. The van der Waals surface area contributed by atoms with Crippen molar-refractivity contribution >= 4 is 30.7 Å². The van der Waals surface area contributed by atoms with Gasteiger partial charge in [-0.3, -0.25) is 4.98 Å². The van der Waals surface area contributed by atoms with Crippen molar-refractivity contribution in [2.45, 2.75) is 64.7 Å². The molecule has 2 amide bonds. The number of carboxylic acids is 1. The van der Waals surface area contributed by atoms with Crippen LogP contribution in [0.25, 0.3) is 22.4 Å². The molecule has 0 radical (unpaired) electrons. The van der Waals surface area contributed by atoms with Gasteiger partial charge >= 0.3 is 12.0 Å². The van der Waals surface area contributed by atoms with E-state index in [1.165, 1.54) is 10.4 Å². The van der Waals surface area contributed by atoms with E-state index in [2.05, 4.69) is 79.6 Å². The molecule has 3 aromatic carbocycles. The normalized spacial score (nSPS) is 14.4. The summed E-state index contributed by atoms with van der Waals surface area (Å²) in [6.45, 7) is 11.2. The summed E-state index contributed by atoms with van der Waals surface area (Å²) in [4.78, 5) is 37.1. The Kier molecular flexibility index (Phi) is 9.99. The fourth-order valence-electron chi connectivity index (χ4n) is 7.20. The number of carbonyl (C=O) groups is 2. The highest BCUT2D eigenvalue weighted by Crippen LogP contribution is 2.43. The molecule has 3 heterocycles. The molecule has 6 rings (SSSR count). The van der Waals surface area contributed by atoms with Crippen LogP contribution in [0.5, 0.6) is 0 Å². The Labute approximate surface area is 295 Å². The highest BCUT2D eigenvalue weighted by Gasteiger charge is 2.50. The third kappa shape index (κ3) is 6.84. The fraction of sp³-hybridized carbons (Fsp3) is 0.268. The molecule has 5 aromatic rings. The smallest absolute Gasteiger partial charge is 0.354 e. The van der Waals surface area contributed by atoms with E-state index in [-0.39, 0.29) is 29.3 Å². The van der Waals surface area contributed by atoms with Crippen LogP contribution in [0.3, 0.4) is 0 Å². The Morgan fingerprint density at radius 1 is 0.900 bits per heavy atom. The number of nitrogens with zero attached hydrogens (tertiary/aromatic N) is 3. The molecule has 0 saturated heterocycles. The van der Waals surface area contributed by atoms with Gasteiger partial charge in [0.1, 0.15) is 5.69 Å². The van der Waals surface area contributed by atoms with Gasteiger partial charge in [0.15, 0.2) is 0 Å². The van der Waals surface area contributed by atoms with Crippen LogP contribution in [-0.2, 0) is 11.0 Å². The summed E-state index contributed by atoms with van der Waals surface area (Å²) in [6, 6.07) is 33.7. The minimum Gasteiger partial charge on any atom is -0.477 e. The van der Waals surface area contributed by atoms with Gasteiger partial charge in [-0.15, -0.1) is 0 Å². The van der Waals surface area contributed by atoms with Crippen LogP contribution < -0.4 is 15.7 Å². The lowest BCUT2D eigenvalue weighted by molar-refractivity contribution is 0.0690. The van der Waals surface area contributed by atoms with Gasteiger partial charge in [-0.2, -0.15) is 0 Å². The third-order valence-corrected chi connectivity index (χ3v) is 14.4. The Balaban J connectivity index is 1.45. The highest BCUT2D eigenvalue weighted by molar-refractivity contribution is 6.99. The summed E-state index contributed by atoms with van der Waals surface area (Å²) in [7, 11) is -2.85. The number of amides is 2. The van der Waals surface area contributed by atoms with Crippen LogP contribution in [0.2, 0.25) is 5.04 Å². The first kappa shape index (κ1) is 34.7. The van der Waals surface area contributed by atoms with E-state index in [9.17, 15) is 14.7 Å². The van der Waals surface area contributed by atoms with Crippen molar-refractivity contribution in [3.63, 3.8) is 0 Å². The predicted molar refractivity (Wildman–Crippen MR) is 200 cm³/mol. The van der Waals surface area contributed by atoms with Crippen LogP contribution in [-0.4, -0.2) is 52.9 Å². The summed E-state index contributed by atoms with van der Waals surface area (Å²) < 4.78 is 7.30. The number of urea groups is 1. The lowest BCUT2D eigenvalue weighted by Gasteiger charge is -2.43. The standard InChI is InChI=1S/C41H44N4O4Si/c1-28(2)43-40(48)45-27-32-25-35(39(46)47)44-38(30-15-12-14-29(24-30)31-16-13-22-42-26-31)37(32)36(45)21-23-49-50(41(3,4)5,33-17-8-6-9-18-33)34-19-10-7-11-20-34/h6-20,22,24-26,28,36H,21,23,27H2,1-5H3,(H,43,48)(H,46,47)/t36-/m1/s1. The maximum absolute atomic E-state index is 13.8. The summed E-state index contributed by atoms with van der Waals surface area (Å²) >= 11 is 0. The lowest BCUT2D eigenvalue weighted by Crippen LogP contribution is -2.66. The summed E-state index contributed by atoms with van der Waals surface area (Å²) in [6.07, 6.45) is 4.02. The quantitative estimate of drug-likeness (QED) is 0.148. The van der Waals surface area contributed by atoms with Crippen molar-refractivity contribution in [3.8, 4) is 22.4 Å². The first-order valence-electron chi connectivity index (χ1n) is 17.1. The van der Waals surface area contributed by atoms with Crippen LogP contribution in [0.15, 0.2) is 116 Å². The molecule has 0 fully saturated rings. The van der Waals surface area contributed by atoms with Crippen LogP contribution in [0.1, 0.15) is 68.7 Å². The predicted octanol–water partition coefficient (Wildman–Crippen LogP) is 7.45. The van der Waals surface area contributed by atoms with E-state index in [4.69, 9.17) is 9.41 Å². The van der Waals surface area contributed by atoms with Gasteiger partial charge in [-0.25, -0.2) is 14.6 Å². The number of hydrogen-bond acceptors (Lipinski definition) is 5. The Hall–Kier alpha value is -5.12. The Bertz CT molecular complexity index is 1920. The summed E-state index contributed by atoms with van der Waals surface area (Å²) in [5, 5.41) is 15.3. The Morgan fingerprint density at radius 2 is 1.54 bits per heavy atom. The van der Waals surface area contributed by atoms with Crippen molar-refractivity contribution in [2.75, 3.05) is 6.61 Å². The number of pyridine rings is 2. The van der Waals surface area contributed by atoms with E-state index in [0.29, 0.717) is 18.7 Å². The van der Waals surface area contributed by atoms with Crippen molar-refractivity contribution in [3.05, 3.63) is 132 Å². The Morgan fingerprint density at radius 3 is 2.12 bits per heavy atom. The van der Waals surface area contributed by atoms with Crippen LogP contribution in [0, 0.1) is 0 Å². The number of aromatic nitrogens is 2. The topological polar surface area (TPSA) is 105 Å². The number of fused-ring (bicyclic) bond motifs is 1. The second kappa shape index (κ2) is 14.4. The number of nitrogens with one attached hydrogen (secondary N) is 1. The number of benzene rings is 3. The van der Waals surface area contributed by atoms with Crippen molar-refractivity contribution in [2.24, 2.45) is 0 Å². The largest absolute Gasteiger partial charge is 0.477 e. The molecule has 1 atom stereocenters. The molecule has 1 aliphatic heterocycles. The van der Waals surface area contributed by atoms with Gasteiger partial charge in [0.2, 0.25) is 0 Å². The van der Waals surface area contributed by atoms with Crippen molar-refractivity contribution in [1.82, 2.24) is 20.2 Å². The minimum absolute atomic E-state index is 0.0565. The molecule has 2 N–H and O–H groups in total. The minimum atomic E-state index is -2.85. The van der Waals surface area contributed by atoms with Crippen LogP contribution >= 0.6 is 0 Å². The molecular formula is C41H44N4O4Si. The third-order valence-electron chi connectivity index (χ3n) is 9.34. The van der Waals surface area contributed by atoms with Gasteiger partial charge in [0.05, 0.1) is 11.7 Å². The molecule has 9 heteroatoms. The van der Waals surface area contributed by atoms with Gasteiger partial charge < -0.3 is 19.7 Å². The van der Waals surface area contributed by atoms with E-state index >= 15 is 0 Å². The van der Waals surface area contributed by atoms with E-state index in [0.717, 1.165) is 27.8 Å². The average molecular weight is 685 g/mol. The molecule has 0 bridgehead atoms. The van der Waals surface area contributed by atoms with Crippen molar-refractivity contribution in [1.29, 1.82) is 0 Å². The average Bonchev–Trinajstić information content (AvgIpc) is 3.49. The number of hydrogen-bond donors (Lipinski definition) is 2. The molecular weight excluding hydrogens is 641 g/mol. The first-order chi connectivity index (χ1) is 24.0. The zero-order valence-electron chi connectivity index (χ0n) is 29.3. The second-order valence-corrected chi connectivity index (χ2v) is 18.4. The van der Waals surface area contributed by atoms with E-state index in [1.54, 1.807) is 23.4 Å². The van der Waals surface area contributed by atoms with E-state index in [1.807, 2.05) is 62.4 Å². The number of aromatic carboxylic acids is 1. The lowest BCUT2D eigenvalue weighted by atomic mass is 9.94. The first-order valence-corrected chi connectivity index (χ1v) is 19.0. The van der Waals surface area contributed by atoms with Crippen molar-refractivity contribution < 1.29 is 19.1 Å². The van der Waals surface area contributed by atoms with Gasteiger partial charge in [0, 0.05) is 48.3 Å². The number of carboxylic acid groups (broad SMARTS) is 1. The molecule has 2 aromatic heterocycles.